The molecule has 4 rings (SSSR count). The molecule has 34 heavy (non-hydrogen) atoms. The highest BCUT2D eigenvalue weighted by Gasteiger charge is 2.28. The maximum Gasteiger partial charge on any atom is 0.324 e. The van der Waals surface area contributed by atoms with Crippen LogP contribution in [0.25, 0.3) is 0 Å². The molecule has 0 bridgehead atoms. The molecule has 2 atom stereocenters. The molecule has 2 N–H and O–H groups in total. The minimum Gasteiger partial charge on any atom is -0.494 e. The van der Waals surface area contributed by atoms with Crippen LogP contribution in [0, 0.1) is 12.8 Å². The molecule has 0 aliphatic carbocycles. The molecule has 2 aliphatic rings. The Kier molecular flexibility index (Phi) is 8.05. The van der Waals surface area contributed by atoms with Crippen molar-refractivity contribution in [2.45, 2.75) is 64.5 Å². The number of nitrogens with one attached hydrogen (secondary N) is 1. The maximum atomic E-state index is 12.5. The van der Waals surface area contributed by atoms with Gasteiger partial charge in [0, 0.05) is 24.6 Å². The Morgan fingerprint density at radius 3 is 2.74 bits per heavy atom. The van der Waals surface area contributed by atoms with E-state index in [2.05, 4.69) is 34.2 Å². The molecule has 0 radical (unpaired) electrons. The number of aliphatic hydroxyl groups excluding tert-OH is 1. The number of ether oxygens (including phenoxy) is 2. The largest absolute Gasteiger partial charge is 0.494 e. The van der Waals surface area contributed by atoms with E-state index in [0.717, 1.165) is 55.9 Å². The smallest absolute Gasteiger partial charge is 0.324 e. The third-order valence-electron chi connectivity index (χ3n) is 6.67. The minimum atomic E-state index is -0.657. The molecule has 2 unspecified atom stereocenters. The zero-order valence-electron chi connectivity index (χ0n) is 20.3. The minimum absolute atomic E-state index is 0.203. The second kappa shape index (κ2) is 11.2. The predicted molar refractivity (Wildman–Crippen MR) is 127 cm³/mol. The topological polar surface area (TPSA) is 110 Å². The molecule has 3 heterocycles. The number of aliphatic hydroxyl groups is 1. The molecule has 9 heteroatoms. The van der Waals surface area contributed by atoms with Crippen molar-refractivity contribution in [3.8, 4) is 5.75 Å². The number of hydrogen-bond donors (Lipinski definition) is 2. The highest BCUT2D eigenvalue weighted by atomic mass is 16.5. The molecule has 2 aromatic rings. The molecular weight excluding hydrogens is 436 g/mol. The average molecular weight is 473 g/mol. The van der Waals surface area contributed by atoms with Crippen molar-refractivity contribution in [2.24, 2.45) is 5.92 Å². The van der Waals surface area contributed by atoms with Crippen LogP contribution in [0.1, 0.15) is 67.2 Å². The van der Waals surface area contributed by atoms with Crippen LogP contribution in [0.15, 0.2) is 22.7 Å². The van der Waals surface area contributed by atoms with Crippen LogP contribution < -0.4 is 15.0 Å². The zero-order chi connectivity index (χ0) is 24.1. The Balaban J connectivity index is 1.16. The summed E-state index contributed by atoms with van der Waals surface area (Å²) in [5.74, 6) is 2.28. The molecular formula is C25H36N4O5. The van der Waals surface area contributed by atoms with Gasteiger partial charge in [0.1, 0.15) is 5.75 Å². The van der Waals surface area contributed by atoms with Crippen molar-refractivity contribution in [1.82, 2.24) is 15.5 Å². The number of hydrogen-bond acceptors (Lipinski definition) is 8. The molecule has 2 aliphatic heterocycles. The number of nitrogens with zero attached hydrogens (tertiary/aromatic N) is 3. The Morgan fingerprint density at radius 1 is 1.29 bits per heavy atom. The Hall–Kier alpha value is -2.65. The number of amides is 1. The first-order chi connectivity index (χ1) is 16.4. The molecule has 1 aromatic carbocycles. The van der Waals surface area contributed by atoms with E-state index in [-0.39, 0.29) is 24.5 Å². The van der Waals surface area contributed by atoms with Gasteiger partial charge in [0.15, 0.2) is 5.82 Å². The zero-order valence-corrected chi connectivity index (χ0v) is 20.3. The number of anilines is 1. The number of carbonyl (C=O) groups is 1. The molecule has 2 saturated heterocycles. The molecule has 2 fully saturated rings. The van der Waals surface area contributed by atoms with Gasteiger partial charge >= 0.3 is 6.01 Å². The van der Waals surface area contributed by atoms with Crippen molar-refractivity contribution in [3.63, 3.8) is 0 Å². The van der Waals surface area contributed by atoms with E-state index in [0.29, 0.717) is 30.7 Å². The van der Waals surface area contributed by atoms with Crippen LogP contribution in [-0.4, -0.2) is 66.2 Å². The number of piperidine rings is 1. The van der Waals surface area contributed by atoms with Gasteiger partial charge in [0.25, 0.3) is 5.91 Å². The van der Waals surface area contributed by atoms with E-state index in [9.17, 15) is 9.90 Å². The summed E-state index contributed by atoms with van der Waals surface area (Å²) in [6.07, 6.45) is 3.69. The third kappa shape index (κ3) is 6.07. The van der Waals surface area contributed by atoms with Crippen molar-refractivity contribution >= 4 is 11.9 Å². The predicted octanol–water partition coefficient (Wildman–Crippen LogP) is 3.07. The normalized spacial score (nSPS) is 21.3. The van der Waals surface area contributed by atoms with E-state index in [1.54, 1.807) is 6.07 Å². The van der Waals surface area contributed by atoms with E-state index in [1.807, 2.05) is 19.1 Å². The number of carbonyl (C=O) groups excluding carboxylic acids is 1. The van der Waals surface area contributed by atoms with Crippen molar-refractivity contribution < 1.29 is 23.9 Å². The molecule has 9 nitrogen and oxygen atoms in total. The monoisotopic (exact) mass is 472 g/mol. The van der Waals surface area contributed by atoms with Gasteiger partial charge < -0.3 is 29.3 Å². The molecule has 0 saturated carbocycles. The third-order valence-corrected chi connectivity index (χ3v) is 6.67. The summed E-state index contributed by atoms with van der Waals surface area (Å²) in [4.78, 5) is 19.2. The van der Waals surface area contributed by atoms with E-state index >= 15 is 0 Å². The van der Waals surface area contributed by atoms with E-state index in [1.165, 1.54) is 0 Å². The van der Waals surface area contributed by atoms with Crippen LogP contribution in [0.4, 0.5) is 6.01 Å². The first-order valence-corrected chi connectivity index (χ1v) is 12.3. The quantitative estimate of drug-likeness (QED) is 0.536. The van der Waals surface area contributed by atoms with Gasteiger partial charge in [-0.15, -0.1) is 0 Å². The van der Waals surface area contributed by atoms with Gasteiger partial charge in [-0.2, -0.15) is 4.98 Å². The Labute approximate surface area is 200 Å². The Morgan fingerprint density at radius 2 is 2.09 bits per heavy atom. The number of benzene rings is 1. The summed E-state index contributed by atoms with van der Waals surface area (Å²) in [6.45, 7) is 9.15. The fourth-order valence-electron chi connectivity index (χ4n) is 4.47. The van der Waals surface area contributed by atoms with Crippen LogP contribution >= 0.6 is 0 Å². The standard InChI is InChI=1S/C25H36N4O5/c1-16(2)23-27-25(34-28-23)29-10-8-18(9-11-29)5-4-12-33-19-6-7-20(17(3)13-19)24(31)26-21-14-32-15-22(21)30/h6-7,13,16,18,21-22,30H,4-5,8-12,14-15H2,1-3H3,(H,26,31). The van der Waals surface area contributed by atoms with Crippen LogP contribution in [0.2, 0.25) is 0 Å². The lowest BCUT2D eigenvalue weighted by molar-refractivity contribution is 0.0885. The highest BCUT2D eigenvalue weighted by molar-refractivity contribution is 5.96. The summed E-state index contributed by atoms with van der Waals surface area (Å²) >= 11 is 0. The Bertz CT molecular complexity index is 955. The van der Waals surface area contributed by atoms with Gasteiger partial charge in [0.05, 0.1) is 32.0 Å². The summed E-state index contributed by atoms with van der Waals surface area (Å²) in [7, 11) is 0. The number of aryl methyl sites for hydroxylation is 1. The molecule has 0 spiro atoms. The number of aromatic nitrogens is 2. The van der Waals surface area contributed by atoms with Gasteiger partial charge in [0.2, 0.25) is 0 Å². The van der Waals surface area contributed by atoms with Gasteiger partial charge in [-0.1, -0.05) is 19.0 Å². The SMILES string of the molecule is Cc1cc(OCCCC2CCN(c3nc(C(C)C)no3)CC2)ccc1C(=O)NC1COCC1O. The van der Waals surface area contributed by atoms with Crippen LogP contribution in [-0.2, 0) is 4.74 Å². The van der Waals surface area contributed by atoms with E-state index < -0.39 is 6.10 Å². The van der Waals surface area contributed by atoms with Gasteiger partial charge in [-0.05, 0) is 62.3 Å². The lowest BCUT2D eigenvalue weighted by Crippen LogP contribution is -2.42. The lowest BCUT2D eigenvalue weighted by Gasteiger charge is -2.30. The summed E-state index contributed by atoms with van der Waals surface area (Å²) in [6, 6.07) is 5.79. The highest BCUT2D eigenvalue weighted by Crippen LogP contribution is 2.26. The van der Waals surface area contributed by atoms with Crippen molar-refractivity contribution in [1.29, 1.82) is 0 Å². The first-order valence-electron chi connectivity index (χ1n) is 12.3. The summed E-state index contributed by atoms with van der Waals surface area (Å²) in [5.41, 5.74) is 1.43. The second-order valence-electron chi connectivity index (χ2n) is 9.67. The van der Waals surface area contributed by atoms with E-state index in [4.69, 9.17) is 14.0 Å². The molecule has 186 valence electrons. The second-order valence-corrected chi connectivity index (χ2v) is 9.67. The van der Waals surface area contributed by atoms with Crippen LogP contribution in [0.3, 0.4) is 0 Å². The fourth-order valence-corrected chi connectivity index (χ4v) is 4.47. The fraction of sp³-hybridized carbons (Fsp3) is 0.640. The van der Waals surface area contributed by atoms with Gasteiger partial charge in [-0.3, -0.25) is 4.79 Å². The summed E-state index contributed by atoms with van der Waals surface area (Å²) in [5, 5.41) is 16.7. The van der Waals surface area contributed by atoms with Crippen molar-refractivity contribution in [2.75, 3.05) is 37.8 Å². The van der Waals surface area contributed by atoms with Crippen molar-refractivity contribution in [3.05, 3.63) is 35.2 Å². The molecule has 1 aromatic heterocycles. The first kappa shape index (κ1) is 24.5. The maximum absolute atomic E-state index is 12.5. The van der Waals surface area contributed by atoms with Crippen LogP contribution in [0.5, 0.6) is 5.75 Å². The molecule has 1 amide bonds. The van der Waals surface area contributed by atoms with Gasteiger partial charge in [-0.25, -0.2) is 0 Å². The lowest BCUT2D eigenvalue weighted by atomic mass is 9.92. The summed E-state index contributed by atoms with van der Waals surface area (Å²) < 4.78 is 16.6. The number of rotatable bonds is 9. The average Bonchev–Trinajstić information content (AvgIpc) is 3.47.